The van der Waals surface area contributed by atoms with Crippen LogP contribution >= 0.6 is 0 Å². The van der Waals surface area contributed by atoms with E-state index in [1.807, 2.05) is 6.07 Å². The van der Waals surface area contributed by atoms with E-state index in [0.29, 0.717) is 19.1 Å². The number of ketones is 1. The fraction of sp³-hybridized carbons (Fsp3) is 0.581. The lowest BCUT2D eigenvalue weighted by Gasteiger charge is -2.66. The first kappa shape index (κ1) is 22.8. The Labute approximate surface area is 214 Å². The maximum absolute atomic E-state index is 13.5. The number of hydrogen-bond donors (Lipinski definition) is 0. The Morgan fingerprint density at radius 2 is 1.94 bits per heavy atom. The molecule has 0 amide bonds. The fourth-order valence-corrected chi connectivity index (χ4v) is 8.53. The first-order chi connectivity index (χ1) is 17.5. The highest BCUT2D eigenvalue weighted by Crippen LogP contribution is 2.67. The molecule has 2 aliphatic heterocycles. The number of methoxy groups -OCH3 is 1. The zero-order chi connectivity index (χ0) is 24.5. The zero-order valence-electron chi connectivity index (χ0n) is 21.6. The summed E-state index contributed by atoms with van der Waals surface area (Å²) < 4.78 is 20.7. The van der Waals surface area contributed by atoms with Gasteiger partial charge < -0.3 is 18.7 Å². The molecule has 2 heterocycles. The highest BCUT2D eigenvalue weighted by atomic mass is 16.5. The molecule has 5 heteroatoms. The number of ether oxygens (including phenoxy) is 3. The van der Waals surface area contributed by atoms with Crippen LogP contribution in [-0.2, 0) is 27.8 Å². The second-order valence-corrected chi connectivity index (χ2v) is 12.2. The van der Waals surface area contributed by atoms with Gasteiger partial charge in [-0.25, -0.2) is 0 Å². The second kappa shape index (κ2) is 8.06. The highest BCUT2D eigenvalue weighted by Gasteiger charge is 2.77. The Hall–Kier alpha value is -2.37. The molecular formula is C31H38NO4+. The molecule has 0 radical (unpaired) electrons. The number of likely N-dealkylation sites (N-methyl/N-ethyl adjacent to an activating group) is 1. The fourth-order valence-electron chi connectivity index (χ4n) is 8.53. The Balaban J connectivity index is 1.31. The van der Waals surface area contributed by atoms with Crippen LogP contribution in [0.1, 0.15) is 55.2 Å². The maximum atomic E-state index is 13.5. The molecule has 2 bridgehead atoms. The quantitative estimate of drug-likeness (QED) is 0.402. The van der Waals surface area contributed by atoms with Crippen molar-refractivity contribution in [3.05, 3.63) is 59.2 Å². The van der Waals surface area contributed by atoms with Crippen LogP contribution in [-0.4, -0.2) is 61.9 Å². The molecule has 36 heavy (non-hydrogen) atoms. The molecule has 0 aromatic heterocycles. The predicted molar refractivity (Wildman–Crippen MR) is 138 cm³/mol. The number of likely N-dealkylation sites (tertiary alicyclic amines) is 1. The summed E-state index contributed by atoms with van der Waals surface area (Å²) in [5.41, 5.74) is 3.15. The summed E-state index contributed by atoms with van der Waals surface area (Å²) in [5, 5.41) is 0. The van der Waals surface area contributed by atoms with Crippen LogP contribution in [0.5, 0.6) is 11.5 Å². The minimum Gasteiger partial charge on any atom is -0.493 e. The SMILES string of the molecule is COc1ccc2c3c1OC1C(=O)CC[C@@]4(OCCCc5ccccc5)C(C2)[N@@+](C)(CC2CC2)CC[C@]314. The van der Waals surface area contributed by atoms with Crippen molar-refractivity contribution < 1.29 is 23.5 Å². The third-order valence-corrected chi connectivity index (χ3v) is 10.3. The van der Waals surface area contributed by atoms with E-state index in [0.717, 1.165) is 60.5 Å². The molecule has 1 spiro atoms. The van der Waals surface area contributed by atoms with Crippen LogP contribution in [0.25, 0.3) is 0 Å². The van der Waals surface area contributed by atoms with Gasteiger partial charge in [0.1, 0.15) is 11.6 Å². The Bertz CT molecular complexity index is 1190. The lowest BCUT2D eigenvalue weighted by atomic mass is 9.48. The Kier molecular flexibility index (Phi) is 5.11. The molecule has 2 saturated carbocycles. The van der Waals surface area contributed by atoms with Gasteiger partial charge in [-0.05, 0) is 49.3 Å². The number of aryl methyl sites for hydroxylation is 1. The number of rotatable bonds is 8. The third-order valence-electron chi connectivity index (χ3n) is 10.3. The topological polar surface area (TPSA) is 44.8 Å². The third kappa shape index (κ3) is 3.05. The molecule has 7 rings (SSSR count). The van der Waals surface area contributed by atoms with Gasteiger partial charge in [-0.1, -0.05) is 36.4 Å². The summed E-state index contributed by atoms with van der Waals surface area (Å²) in [6.45, 7) is 3.03. The average molecular weight is 489 g/mol. The highest BCUT2D eigenvalue weighted by molar-refractivity contribution is 5.90. The first-order valence-corrected chi connectivity index (χ1v) is 13.9. The van der Waals surface area contributed by atoms with Crippen molar-refractivity contribution in [1.29, 1.82) is 0 Å². The second-order valence-electron chi connectivity index (χ2n) is 12.2. The van der Waals surface area contributed by atoms with Gasteiger partial charge in [-0.2, -0.15) is 0 Å². The molecule has 3 aliphatic carbocycles. The molecular weight excluding hydrogens is 450 g/mol. The summed E-state index contributed by atoms with van der Waals surface area (Å²) in [6, 6.07) is 15.3. The summed E-state index contributed by atoms with van der Waals surface area (Å²) in [5.74, 6) is 2.64. The summed E-state index contributed by atoms with van der Waals surface area (Å²) in [4.78, 5) is 13.5. The Morgan fingerprint density at radius 1 is 1.11 bits per heavy atom. The zero-order valence-corrected chi connectivity index (χ0v) is 21.6. The van der Waals surface area contributed by atoms with Crippen molar-refractivity contribution in [2.24, 2.45) is 5.92 Å². The van der Waals surface area contributed by atoms with Crippen LogP contribution in [0, 0.1) is 5.92 Å². The van der Waals surface area contributed by atoms with Crippen molar-refractivity contribution in [1.82, 2.24) is 0 Å². The van der Waals surface area contributed by atoms with Gasteiger partial charge in [0.2, 0.25) is 0 Å². The van der Waals surface area contributed by atoms with Gasteiger partial charge in [-0.15, -0.1) is 0 Å². The summed E-state index contributed by atoms with van der Waals surface area (Å²) >= 11 is 0. The number of benzene rings is 2. The maximum Gasteiger partial charge on any atom is 0.174 e. The molecule has 1 saturated heterocycles. The van der Waals surface area contributed by atoms with E-state index < -0.39 is 11.5 Å². The number of carbonyl (C=O) groups excluding carboxylic acids is 1. The van der Waals surface area contributed by atoms with Gasteiger partial charge in [0.05, 0.1) is 32.7 Å². The van der Waals surface area contributed by atoms with E-state index in [1.54, 1.807) is 7.11 Å². The first-order valence-electron chi connectivity index (χ1n) is 13.9. The van der Waals surface area contributed by atoms with E-state index >= 15 is 0 Å². The summed E-state index contributed by atoms with van der Waals surface area (Å²) in [6.07, 6.45) is 7.53. The van der Waals surface area contributed by atoms with E-state index in [-0.39, 0.29) is 11.4 Å². The molecule has 190 valence electrons. The van der Waals surface area contributed by atoms with Crippen molar-refractivity contribution in [3.63, 3.8) is 0 Å². The van der Waals surface area contributed by atoms with E-state index in [9.17, 15) is 4.79 Å². The monoisotopic (exact) mass is 488 g/mol. The summed E-state index contributed by atoms with van der Waals surface area (Å²) in [7, 11) is 4.17. The van der Waals surface area contributed by atoms with Crippen LogP contribution < -0.4 is 9.47 Å². The van der Waals surface area contributed by atoms with Crippen molar-refractivity contribution in [3.8, 4) is 11.5 Å². The normalized spacial score (nSPS) is 35.8. The van der Waals surface area contributed by atoms with E-state index in [1.165, 1.54) is 36.1 Å². The molecule has 5 atom stereocenters. The largest absolute Gasteiger partial charge is 0.493 e. The van der Waals surface area contributed by atoms with Gasteiger partial charge in [0.25, 0.3) is 0 Å². The van der Waals surface area contributed by atoms with Crippen molar-refractivity contribution in [2.45, 2.75) is 74.5 Å². The van der Waals surface area contributed by atoms with Crippen LogP contribution in [0.4, 0.5) is 0 Å². The number of nitrogens with zero attached hydrogens (tertiary/aromatic N) is 1. The minimum atomic E-state index is -0.456. The molecule has 2 aromatic carbocycles. The standard InChI is InChI=1S/C31H38NO4/c1-32(20-22-10-11-22)17-16-30-27-23-12-13-25(34-2)28(27)36-29(30)24(33)14-15-31(30,26(32)19-23)35-18-6-9-21-7-4-3-5-8-21/h3-5,7-8,12-13,22,26,29H,6,9-11,14-20H2,1-2H3/q+1/t26?,29?,30-,31+,32+/m0/s1. The van der Waals surface area contributed by atoms with Crippen LogP contribution in [0.3, 0.4) is 0 Å². The van der Waals surface area contributed by atoms with Crippen molar-refractivity contribution >= 4 is 5.78 Å². The van der Waals surface area contributed by atoms with Crippen LogP contribution in [0.2, 0.25) is 0 Å². The van der Waals surface area contributed by atoms with E-state index in [2.05, 4.69) is 43.4 Å². The number of carbonyl (C=O) groups is 1. The number of Topliss-reactive ketones (excluding diaryl/α,β-unsaturated/α-hetero) is 1. The average Bonchev–Trinajstić information content (AvgIpc) is 3.63. The molecule has 5 nitrogen and oxygen atoms in total. The van der Waals surface area contributed by atoms with Gasteiger partial charge >= 0.3 is 0 Å². The molecule has 2 unspecified atom stereocenters. The van der Waals surface area contributed by atoms with Crippen LogP contribution in [0.15, 0.2) is 42.5 Å². The van der Waals surface area contributed by atoms with Gasteiger partial charge in [-0.3, -0.25) is 4.79 Å². The predicted octanol–water partition coefficient (Wildman–Crippen LogP) is 4.63. The lowest BCUT2D eigenvalue weighted by Crippen LogP contribution is -2.81. The smallest absolute Gasteiger partial charge is 0.174 e. The molecule has 0 N–H and O–H groups in total. The van der Waals surface area contributed by atoms with Gasteiger partial charge in [0.15, 0.2) is 23.4 Å². The minimum absolute atomic E-state index is 0.238. The van der Waals surface area contributed by atoms with Gasteiger partial charge in [0, 0.05) is 37.4 Å². The number of quaternary nitrogens is 1. The molecule has 5 aliphatic rings. The van der Waals surface area contributed by atoms with E-state index in [4.69, 9.17) is 14.2 Å². The van der Waals surface area contributed by atoms with Crippen molar-refractivity contribution in [2.75, 3.05) is 33.9 Å². The Morgan fingerprint density at radius 3 is 2.72 bits per heavy atom. The molecule has 2 aromatic rings. The lowest BCUT2D eigenvalue weighted by molar-refractivity contribution is -0.950. The number of piperidine rings is 1. The molecule has 3 fully saturated rings. The number of hydrogen-bond acceptors (Lipinski definition) is 4.